The van der Waals surface area contributed by atoms with Crippen molar-refractivity contribution in [2.75, 3.05) is 23.3 Å². The SMILES string of the molecule is Cc1cc(Nc2ncccn2)cc(C2CCCN(c3cnccn3)C2)n1. The van der Waals surface area contributed by atoms with Crippen LogP contribution in [0.3, 0.4) is 0 Å². The van der Waals surface area contributed by atoms with E-state index in [4.69, 9.17) is 4.98 Å². The molecule has 4 heterocycles. The molecule has 26 heavy (non-hydrogen) atoms. The standard InChI is InChI=1S/C19H21N7/c1-14-10-16(25-19-22-5-3-6-23-19)11-17(24-14)15-4-2-9-26(13-15)18-12-20-7-8-21-18/h3,5-8,10-12,15H,2,4,9,13H2,1H3,(H,22,23,24,25). The van der Waals surface area contributed by atoms with E-state index >= 15 is 0 Å². The molecule has 0 aromatic carbocycles. The summed E-state index contributed by atoms with van der Waals surface area (Å²) in [4.78, 5) is 24.2. The molecule has 1 fully saturated rings. The van der Waals surface area contributed by atoms with Gasteiger partial charge in [0.05, 0.1) is 6.20 Å². The first-order valence-corrected chi connectivity index (χ1v) is 8.81. The average Bonchev–Trinajstić information content (AvgIpc) is 2.69. The third-order valence-corrected chi connectivity index (χ3v) is 4.51. The van der Waals surface area contributed by atoms with Crippen molar-refractivity contribution in [3.8, 4) is 0 Å². The van der Waals surface area contributed by atoms with Crippen molar-refractivity contribution in [2.45, 2.75) is 25.7 Å². The average molecular weight is 347 g/mol. The van der Waals surface area contributed by atoms with Gasteiger partial charge >= 0.3 is 0 Å². The predicted molar refractivity (Wildman–Crippen MR) is 101 cm³/mol. The van der Waals surface area contributed by atoms with Crippen molar-refractivity contribution < 1.29 is 0 Å². The Balaban J connectivity index is 1.55. The number of nitrogens with zero attached hydrogens (tertiary/aromatic N) is 6. The van der Waals surface area contributed by atoms with Crippen LogP contribution in [0.2, 0.25) is 0 Å². The number of hydrogen-bond donors (Lipinski definition) is 1. The molecule has 1 unspecified atom stereocenters. The number of pyridine rings is 1. The summed E-state index contributed by atoms with van der Waals surface area (Å²) < 4.78 is 0. The van der Waals surface area contributed by atoms with Gasteiger partial charge in [0, 0.05) is 60.9 Å². The van der Waals surface area contributed by atoms with E-state index in [1.807, 2.05) is 19.2 Å². The number of rotatable bonds is 4. The molecule has 0 saturated carbocycles. The van der Waals surface area contributed by atoms with Gasteiger partial charge in [-0.15, -0.1) is 0 Å². The van der Waals surface area contributed by atoms with Crippen molar-refractivity contribution in [1.29, 1.82) is 0 Å². The lowest BCUT2D eigenvalue weighted by atomic mass is 9.94. The van der Waals surface area contributed by atoms with Gasteiger partial charge in [0.2, 0.25) is 5.95 Å². The summed E-state index contributed by atoms with van der Waals surface area (Å²) in [5, 5.41) is 3.27. The molecule has 1 N–H and O–H groups in total. The molecular formula is C19H21N7. The third-order valence-electron chi connectivity index (χ3n) is 4.51. The fraction of sp³-hybridized carbons (Fsp3) is 0.316. The Labute approximate surface area is 152 Å². The maximum atomic E-state index is 4.78. The fourth-order valence-electron chi connectivity index (χ4n) is 3.35. The van der Waals surface area contributed by atoms with Gasteiger partial charge in [0.25, 0.3) is 0 Å². The largest absolute Gasteiger partial charge is 0.355 e. The maximum absolute atomic E-state index is 4.78. The molecule has 1 aliphatic heterocycles. The second-order valence-corrected chi connectivity index (χ2v) is 6.47. The van der Waals surface area contributed by atoms with Gasteiger partial charge in [-0.25, -0.2) is 15.0 Å². The van der Waals surface area contributed by atoms with Crippen molar-refractivity contribution in [2.24, 2.45) is 0 Å². The quantitative estimate of drug-likeness (QED) is 0.777. The van der Waals surface area contributed by atoms with Gasteiger partial charge in [-0.1, -0.05) is 0 Å². The van der Waals surface area contributed by atoms with Gasteiger partial charge in [-0.3, -0.25) is 9.97 Å². The van der Waals surface area contributed by atoms with Gasteiger partial charge < -0.3 is 10.2 Å². The lowest BCUT2D eigenvalue weighted by Gasteiger charge is -2.33. The Morgan fingerprint density at radius 1 is 1.08 bits per heavy atom. The minimum absolute atomic E-state index is 0.364. The smallest absolute Gasteiger partial charge is 0.227 e. The first-order chi connectivity index (χ1) is 12.8. The summed E-state index contributed by atoms with van der Waals surface area (Å²) >= 11 is 0. The first kappa shape index (κ1) is 16.4. The second-order valence-electron chi connectivity index (χ2n) is 6.47. The van der Waals surface area contributed by atoms with Gasteiger partial charge in [-0.2, -0.15) is 0 Å². The van der Waals surface area contributed by atoms with Crippen molar-refractivity contribution in [1.82, 2.24) is 24.9 Å². The van der Waals surface area contributed by atoms with Gasteiger partial charge in [0.1, 0.15) is 5.82 Å². The van der Waals surface area contributed by atoms with E-state index in [0.717, 1.165) is 48.8 Å². The second kappa shape index (κ2) is 7.43. The number of hydrogen-bond acceptors (Lipinski definition) is 7. The summed E-state index contributed by atoms with van der Waals surface area (Å²) in [6.45, 7) is 3.92. The minimum atomic E-state index is 0.364. The molecule has 132 valence electrons. The molecule has 1 saturated heterocycles. The summed E-state index contributed by atoms with van der Waals surface area (Å²) in [5.74, 6) is 1.89. The van der Waals surface area contributed by atoms with Crippen LogP contribution in [-0.4, -0.2) is 38.0 Å². The summed E-state index contributed by atoms with van der Waals surface area (Å²) in [6.07, 6.45) is 11.0. The molecule has 1 atom stereocenters. The predicted octanol–water partition coefficient (Wildman–Crippen LogP) is 3.10. The Bertz CT molecular complexity index is 854. The zero-order valence-corrected chi connectivity index (χ0v) is 14.7. The maximum Gasteiger partial charge on any atom is 0.227 e. The molecule has 4 rings (SSSR count). The van der Waals surface area contributed by atoms with Crippen LogP contribution >= 0.6 is 0 Å². The van der Waals surface area contributed by atoms with Crippen molar-refractivity contribution in [3.63, 3.8) is 0 Å². The van der Waals surface area contributed by atoms with E-state index in [2.05, 4.69) is 36.2 Å². The summed E-state index contributed by atoms with van der Waals surface area (Å²) in [7, 11) is 0. The van der Waals surface area contributed by atoms with Crippen LogP contribution in [0.15, 0.2) is 49.2 Å². The highest BCUT2D eigenvalue weighted by Gasteiger charge is 2.24. The first-order valence-electron chi connectivity index (χ1n) is 8.81. The Hall–Kier alpha value is -3.09. The molecule has 0 spiro atoms. The molecule has 0 radical (unpaired) electrons. The number of aryl methyl sites for hydroxylation is 1. The fourth-order valence-corrected chi connectivity index (χ4v) is 3.35. The molecule has 7 heteroatoms. The van der Waals surface area contributed by atoms with Crippen molar-refractivity contribution >= 4 is 17.5 Å². The molecule has 0 aliphatic carbocycles. The van der Waals surface area contributed by atoms with Gasteiger partial charge in [-0.05, 0) is 38.0 Å². The molecular weight excluding hydrogens is 326 g/mol. The van der Waals surface area contributed by atoms with Gasteiger partial charge in [0.15, 0.2) is 0 Å². The van der Waals surface area contributed by atoms with Crippen LogP contribution in [0.5, 0.6) is 0 Å². The molecule has 3 aromatic rings. The number of aromatic nitrogens is 5. The van der Waals surface area contributed by atoms with Crippen LogP contribution in [-0.2, 0) is 0 Å². The number of nitrogens with one attached hydrogen (secondary N) is 1. The molecule has 7 nitrogen and oxygen atoms in total. The minimum Gasteiger partial charge on any atom is -0.355 e. The van der Waals surface area contributed by atoms with Crippen LogP contribution in [0.1, 0.15) is 30.1 Å². The highest BCUT2D eigenvalue weighted by Crippen LogP contribution is 2.30. The van der Waals surface area contributed by atoms with E-state index in [-0.39, 0.29) is 0 Å². The Morgan fingerprint density at radius 2 is 1.96 bits per heavy atom. The van der Waals surface area contributed by atoms with Crippen LogP contribution in [0, 0.1) is 6.92 Å². The highest BCUT2D eigenvalue weighted by molar-refractivity contribution is 5.54. The highest BCUT2D eigenvalue weighted by atomic mass is 15.2. The molecule has 0 bridgehead atoms. The number of piperidine rings is 1. The topological polar surface area (TPSA) is 79.7 Å². The monoisotopic (exact) mass is 347 g/mol. The third kappa shape index (κ3) is 3.77. The van der Waals surface area contributed by atoms with E-state index < -0.39 is 0 Å². The molecule has 0 amide bonds. The van der Waals surface area contributed by atoms with Crippen LogP contribution < -0.4 is 10.2 Å². The van der Waals surface area contributed by atoms with Crippen LogP contribution in [0.4, 0.5) is 17.5 Å². The zero-order chi connectivity index (χ0) is 17.8. The van der Waals surface area contributed by atoms with E-state index in [1.54, 1.807) is 30.9 Å². The zero-order valence-electron chi connectivity index (χ0n) is 14.7. The lowest BCUT2D eigenvalue weighted by molar-refractivity contribution is 0.498. The Morgan fingerprint density at radius 3 is 2.77 bits per heavy atom. The van der Waals surface area contributed by atoms with E-state index in [9.17, 15) is 0 Å². The summed E-state index contributed by atoms with van der Waals surface area (Å²) in [6, 6.07) is 5.93. The summed E-state index contributed by atoms with van der Waals surface area (Å²) in [5.41, 5.74) is 3.05. The molecule has 1 aliphatic rings. The lowest BCUT2D eigenvalue weighted by Crippen LogP contribution is -2.35. The van der Waals surface area contributed by atoms with E-state index in [0.29, 0.717) is 11.9 Å². The number of anilines is 3. The van der Waals surface area contributed by atoms with Crippen LogP contribution in [0.25, 0.3) is 0 Å². The Kier molecular flexibility index (Phi) is 4.68. The van der Waals surface area contributed by atoms with Crippen molar-refractivity contribution in [3.05, 3.63) is 60.6 Å². The van der Waals surface area contributed by atoms with E-state index in [1.165, 1.54) is 0 Å². The normalized spacial score (nSPS) is 17.1. The molecule has 3 aromatic heterocycles.